The predicted octanol–water partition coefficient (Wildman–Crippen LogP) is 3.47. The highest BCUT2D eigenvalue weighted by molar-refractivity contribution is 5.97. The molecule has 1 saturated heterocycles. The van der Waals surface area contributed by atoms with Crippen molar-refractivity contribution >= 4 is 16.8 Å². The number of nitrogens with zero attached hydrogens (tertiary/aromatic N) is 4. The molecule has 0 atom stereocenters. The Hall–Kier alpha value is -2.99. The van der Waals surface area contributed by atoms with Crippen LogP contribution in [0.4, 0.5) is 0 Å². The van der Waals surface area contributed by atoms with Crippen molar-refractivity contribution in [3.8, 4) is 0 Å². The van der Waals surface area contributed by atoms with E-state index in [9.17, 15) is 9.59 Å². The second kappa shape index (κ2) is 9.25. The molecule has 0 radical (unpaired) electrons. The van der Waals surface area contributed by atoms with Crippen molar-refractivity contribution in [2.45, 2.75) is 45.2 Å². The highest BCUT2D eigenvalue weighted by Gasteiger charge is 2.23. The summed E-state index contributed by atoms with van der Waals surface area (Å²) in [6.07, 6.45) is 5.25. The summed E-state index contributed by atoms with van der Waals surface area (Å²) in [6, 6.07) is 15.8. The summed E-state index contributed by atoms with van der Waals surface area (Å²) in [7, 11) is 0. The van der Waals surface area contributed by atoms with Crippen LogP contribution in [-0.4, -0.2) is 51.4 Å². The van der Waals surface area contributed by atoms with Gasteiger partial charge in [0.2, 0.25) is 0 Å². The van der Waals surface area contributed by atoms with Gasteiger partial charge in [0.25, 0.3) is 11.5 Å². The zero-order valence-corrected chi connectivity index (χ0v) is 18.5. The zero-order chi connectivity index (χ0) is 21.9. The van der Waals surface area contributed by atoms with E-state index in [2.05, 4.69) is 29.2 Å². The van der Waals surface area contributed by atoms with Crippen LogP contribution >= 0.6 is 0 Å². The highest BCUT2D eigenvalue weighted by Crippen LogP contribution is 2.18. The summed E-state index contributed by atoms with van der Waals surface area (Å²) >= 11 is 0. The molecule has 5 rings (SSSR count). The fourth-order valence-electron chi connectivity index (χ4n) is 4.86. The summed E-state index contributed by atoms with van der Waals surface area (Å²) in [4.78, 5) is 35.3. The number of aromatic nitrogens is 2. The maximum atomic E-state index is 13.2. The van der Waals surface area contributed by atoms with Gasteiger partial charge < -0.3 is 4.90 Å². The van der Waals surface area contributed by atoms with Gasteiger partial charge in [-0.25, -0.2) is 4.98 Å². The van der Waals surface area contributed by atoms with E-state index in [1.807, 2.05) is 21.6 Å². The minimum atomic E-state index is 0.0277. The number of fused-ring (bicyclic) bond motifs is 2. The molecule has 6 nitrogen and oxygen atoms in total. The smallest absolute Gasteiger partial charge is 0.261 e. The molecule has 166 valence electrons. The first-order valence-corrected chi connectivity index (χ1v) is 11.8. The van der Waals surface area contributed by atoms with E-state index in [-0.39, 0.29) is 11.5 Å². The third-order valence-electron chi connectivity index (χ3n) is 6.72. The SMILES string of the molecule is O=C(c1ccc2c(=O)n3c(nc2c1)CCCCCC3)N1CCN(Cc2ccccc2)CC1. The van der Waals surface area contributed by atoms with E-state index in [4.69, 9.17) is 4.98 Å². The van der Waals surface area contributed by atoms with Crippen LogP contribution in [-0.2, 0) is 19.5 Å². The Morgan fingerprint density at radius 2 is 1.66 bits per heavy atom. The van der Waals surface area contributed by atoms with Crippen molar-refractivity contribution in [2.75, 3.05) is 26.2 Å². The van der Waals surface area contributed by atoms with Gasteiger partial charge in [0, 0.05) is 51.3 Å². The largest absolute Gasteiger partial charge is 0.336 e. The van der Waals surface area contributed by atoms with Crippen LogP contribution in [0.1, 0.15) is 47.4 Å². The van der Waals surface area contributed by atoms with Crippen molar-refractivity contribution in [3.05, 3.63) is 75.8 Å². The topological polar surface area (TPSA) is 58.4 Å². The number of hydrogen-bond acceptors (Lipinski definition) is 4. The van der Waals surface area contributed by atoms with Crippen LogP contribution in [0.3, 0.4) is 0 Å². The Morgan fingerprint density at radius 3 is 2.47 bits per heavy atom. The van der Waals surface area contributed by atoms with Gasteiger partial charge in [0.05, 0.1) is 10.9 Å². The summed E-state index contributed by atoms with van der Waals surface area (Å²) < 4.78 is 1.84. The first kappa shape index (κ1) is 20.9. The minimum Gasteiger partial charge on any atom is -0.336 e. The number of benzene rings is 2. The fourth-order valence-corrected chi connectivity index (χ4v) is 4.86. The van der Waals surface area contributed by atoms with Gasteiger partial charge in [0.1, 0.15) is 5.82 Å². The van der Waals surface area contributed by atoms with E-state index in [0.29, 0.717) is 29.6 Å². The van der Waals surface area contributed by atoms with Crippen molar-refractivity contribution in [3.63, 3.8) is 0 Å². The molecule has 0 N–H and O–H groups in total. The second-order valence-corrected chi connectivity index (χ2v) is 8.93. The lowest BCUT2D eigenvalue weighted by Crippen LogP contribution is -2.48. The van der Waals surface area contributed by atoms with E-state index in [1.165, 1.54) is 12.0 Å². The Kier molecular flexibility index (Phi) is 6.04. The third kappa shape index (κ3) is 4.32. The van der Waals surface area contributed by atoms with E-state index in [0.717, 1.165) is 57.7 Å². The minimum absolute atomic E-state index is 0.0277. The van der Waals surface area contributed by atoms with Gasteiger partial charge >= 0.3 is 0 Å². The first-order valence-electron chi connectivity index (χ1n) is 11.8. The number of carbonyl (C=O) groups is 1. The van der Waals surface area contributed by atoms with Gasteiger partial charge in [0.15, 0.2) is 0 Å². The summed E-state index contributed by atoms with van der Waals surface area (Å²) in [5.74, 6) is 0.890. The monoisotopic (exact) mass is 430 g/mol. The molecule has 2 aromatic carbocycles. The first-order chi connectivity index (χ1) is 15.7. The molecule has 2 aliphatic heterocycles. The number of aryl methyl sites for hydroxylation is 1. The van der Waals surface area contributed by atoms with Crippen molar-refractivity contribution in [1.82, 2.24) is 19.4 Å². The number of piperazine rings is 1. The molecule has 2 aliphatic rings. The van der Waals surface area contributed by atoms with Gasteiger partial charge in [-0.2, -0.15) is 0 Å². The molecular formula is C26H30N4O2. The van der Waals surface area contributed by atoms with Crippen LogP contribution in [0, 0.1) is 0 Å². The lowest BCUT2D eigenvalue weighted by atomic mass is 10.1. The van der Waals surface area contributed by atoms with E-state index >= 15 is 0 Å². The van der Waals surface area contributed by atoms with Crippen LogP contribution < -0.4 is 5.56 Å². The van der Waals surface area contributed by atoms with Gasteiger partial charge in [-0.3, -0.25) is 19.1 Å². The maximum Gasteiger partial charge on any atom is 0.261 e. The third-order valence-corrected chi connectivity index (χ3v) is 6.72. The Bertz CT molecular complexity index is 1160. The second-order valence-electron chi connectivity index (χ2n) is 8.93. The fraction of sp³-hybridized carbons (Fsp3) is 0.423. The summed E-state index contributed by atoms with van der Waals surface area (Å²) in [5.41, 5.74) is 2.60. The molecule has 0 spiro atoms. The molecule has 0 unspecified atom stereocenters. The maximum absolute atomic E-state index is 13.2. The molecule has 1 aromatic heterocycles. The number of hydrogen-bond donors (Lipinski definition) is 0. The molecule has 3 aromatic rings. The number of carbonyl (C=O) groups excluding carboxylic acids is 1. The standard InChI is InChI=1S/C26H30N4O2/c31-25(29-16-14-28(15-17-29)19-20-8-4-3-5-9-20)21-11-12-22-23(18-21)27-24-10-6-1-2-7-13-30(24)26(22)32/h3-5,8-9,11-12,18H,1-2,6-7,10,13-17,19H2. The van der Waals surface area contributed by atoms with E-state index in [1.54, 1.807) is 12.1 Å². The quantitative estimate of drug-likeness (QED) is 0.639. The average Bonchev–Trinajstić information content (AvgIpc) is 2.81. The van der Waals surface area contributed by atoms with Gasteiger partial charge in [-0.05, 0) is 36.6 Å². The highest BCUT2D eigenvalue weighted by atomic mass is 16.2. The molecule has 0 bridgehead atoms. The Labute approximate surface area is 188 Å². The number of rotatable bonds is 3. The van der Waals surface area contributed by atoms with Crippen molar-refractivity contribution < 1.29 is 4.79 Å². The zero-order valence-electron chi connectivity index (χ0n) is 18.5. The molecule has 1 amide bonds. The summed E-state index contributed by atoms with van der Waals surface area (Å²) in [6.45, 7) is 4.81. The normalized spacial score (nSPS) is 17.6. The molecule has 6 heteroatoms. The van der Waals surface area contributed by atoms with Crippen LogP contribution in [0.15, 0.2) is 53.3 Å². The molecule has 32 heavy (non-hydrogen) atoms. The Balaban J connectivity index is 1.32. The summed E-state index contributed by atoms with van der Waals surface area (Å²) in [5, 5.41) is 0.610. The molecular weight excluding hydrogens is 400 g/mol. The van der Waals surface area contributed by atoms with Crippen molar-refractivity contribution in [1.29, 1.82) is 0 Å². The lowest BCUT2D eigenvalue weighted by molar-refractivity contribution is 0.0628. The van der Waals surface area contributed by atoms with Crippen LogP contribution in [0.25, 0.3) is 10.9 Å². The van der Waals surface area contributed by atoms with Gasteiger partial charge in [-0.1, -0.05) is 43.2 Å². The number of amides is 1. The lowest BCUT2D eigenvalue weighted by Gasteiger charge is -2.34. The van der Waals surface area contributed by atoms with E-state index < -0.39 is 0 Å². The Morgan fingerprint density at radius 1 is 0.875 bits per heavy atom. The predicted molar refractivity (Wildman–Crippen MR) is 126 cm³/mol. The average molecular weight is 431 g/mol. The van der Waals surface area contributed by atoms with Crippen LogP contribution in [0.2, 0.25) is 0 Å². The van der Waals surface area contributed by atoms with Crippen molar-refractivity contribution in [2.24, 2.45) is 0 Å². The van der Waals surface area contributed by atoms with Gasteiger partial charge in [-0.15, -0.1) is 0 Å². The molecule has 1 fully saturated rings. The molecule has 0 aliphatic carbocycles. The van der Waals surface area contributed by atoms with Crippen LogP contribution in [0.5, 0.6) is 0 Å². The molecule has 3 heterocycles. The molecule has 0 saturated carbocycles.